The van der Waals surface area contributed by atoms with Gasteiger partial charge >= 0.3 is 0 Å². The van der Waals surface area contributed by atoms with Crippen LogP contribution in [0.3, 0.4) is 0 Å². The molecule has 2 aromatic carbocycles. The van der Waals surface area contributed by atoms with Crippen LogP contribution >= 0.6 is 22.9 Å². The van der Waals surface area contributed by atoms with Crippen molar-refractivity contribution < 1.29 is 13.2 Å². The van der Waals surface area contributed by atoms with Crippen LogP contribution in [0.25, 0.3) is 0 Å². The first kappa shape index (κ1) is 22.8. The van der Waals surface area contributed by atoms with Gasteiger partial charge in [0.2, 0.25) is 10.0 Å². The molecule has 0 unspecified atom stereocenters. The van der Waals surface area contributed by atoms with Gasteiger partial charge in [-0.25, -0.2) is 8.42 Å². The summed E-state index contributed by atoms with van der Waals surface area (Å²) in [6.07, 6.45) is 0.909. The summed E-state index contributed by atoms with van der Waals surface area (Å²) in [7, 11) is -3.78. The van der Waals surface area contributed by atoms with Crippen molar-refractivity contribution in [2.75, 3.05) is 36.4 Å². The van der Waals surface area contributed by atoms with Crippen molar-refractivity contribution in [1.82, 2.24) is 4.31 Å². The molecule has 1 N–H and O–H groups in total. The maximum atomic E-state index is 13.3. The SMILES string of the molecule is CCc1ccc(NC(=O)c2sccc2S(=O)(=O)N2CCN(c3cccc(Cl)c3)CC2)cc1. The lowest BCUT2D eigenvalue weighted by molar-refractivity contribution is 0.102. The molecule has 1 fully saturated rings. The third-order valence-corrected chi connectivity index (χ3v) is 8.70. The van der Waals surface area contributed by atoms with Crippen molar-refractivity contribution in [3.05, 3.63) is 75.4 Å². The highest BCUT2D eigenvalue weighted by atomic mass is 35.5. The number of amides is 1. The average Bonchev–Trinajstić information content (AvgIpc) is 3.31. The van der Waals surface area contributed by atoms with Gasteiger partial charge in [0.25, 0.3) is 5.91 Å². The minimum atomic E-state index is -3.78. The summed E-state index contributed by atoms with van der Waals surface area (Å²) in [6.45, 7) is 3.84. The predicted octanol–water partition coefficient (Wildman–Crippen LogP) is 4.73. The standard InChI is InChI=1S/C23H24ClN3O3S2/c1-2-17-6-8-19(9-7-17)25-23(28)22-21(10-15-31-22)32(29,30)27-13-11-26(12-14-27)20-5-3-4-18(24)16-20/h3-10,15-16H,2,11-14H2,1H3,(H,25,28). The van der Waals surface area contributed by atoms with Crippen LogP contribution in [0, 0.1) is 0 Å². The summed E-state index contributed by atoms with van der Waals surface area (Å²) >= 11 is 7.21. The van der Waals surface area contributed by atoms with E-state index in [0.717, 1.165) is 23.4 Å². The van der Waals surface area contributed by atoms with Gasteiger partial charge < -0.3 is 10.2 Å². The number of benzene rings is 2. The molecule has 3 aromatic rings. The fraction of sp³-hybridized carbons (Fsp3) is 0.261. The number of hydrogen-bond donors (Lipinski definition) is 1. The third-order valence-electron chi connectivity index (χ3n) is 5.49. The van der Waals surface area contributed by atoms with E-state index in [1.165, 1.54) is 15.9 Å². The van der Waals surface area contributed by atoms with E-state index in [0.29, 0.717) is 36.9 Å². The van der Waals surface area contributed by atoms with Gasteiger partial charge in [-0.2, -0.15) is 4.31 Å². The Bertz CT molecular complexity index is 1200. The molecule has 2 heterocycles. The Labute approximate surface area is 197 Å². The minimum absolute atomic E-state index is 0.0568. The summed E-state index contributed by atoms with van der Waals surface area (Å²) in [6, 6.07) is 16.6. The van der Waals surface area contributed by atoms with E-state index in [4.69, 9.17) is 11.6 Å². The second-order valence-corrected chi connectivity index (χ2v) is 10.7. The average molecular weight is 490 g/mol. The van der Waals surface area contributed by atoms with E-state index in [1.807, 2.05) is 48.5 Å². The Morgan fingerprint density at radius 2 is 1.78 bits per heavy atom. The molecule has 32 heavy (non-hydrogen) atoms. The number of halogens is 1. The molecule has 6 nitrogen and oxygen atoms in total. The molecular formula is C23H24ClN3O3S2. The molecule has 168 valence electrons. The Hall–Kier alpha value is -2.39. The molecule has 1 aliphatic rings. The zero-order valence-corrected chi connectivity index (χ0v) is 20.0. The zero-order chi connectivity index (χ0) is 22.7. The van der Waals surface area contributed by atoms with Gasteiger partial charge in [0, 0.05) is 42.6 Å². The summed E-state index contributed by atoms with van der Waals surface area (Å²) in [4.78, 5) is 15.2. The van der Waals surface area contributed by atoms with E-state index in [2.05, 4.69) is 17.1 Å². The van der Waals surface area contributed by atoms with Crippen LogP contribution in [0.15, 0.2) is 64.9 Å². The molecule has 0 aliphatic carbocycles. The van der Waals surface area contributed by atoms with Crippen molar-refractivity contribution in [1.29, 1.82) is 0 Å². The Morgan fingerprint density at radius 3 is 2.44 bits per heavy atom. The number of rotatable bonds is 6. The van der Waals surface area contributed by atoms with Crippen molar-refractivity contribution in [2.45, 2.75) is 18.2 Å². The molecule has 0 bridgehead atoms. The quantitative estimate of drug-likeness (QED) is 0.543. The van der Waals surface area contributed by atoms with Crippen LogP contribution in [-0.2, 0) is 16.4 Å². The van der Waals surface area contributed by atoms with Crippen LogP contribution in [0.1, 0.15) is 22.2 Å². The minimum Gasteiger partial charge on any atom is -0.369 e. The highest BCUT2D eigenvalue weighted by molar-refractivity contribution is 7.89. The van der Waals surface area contributed by atoms with Crippen LogP contribution in [0.2, 0.25) is 5.02 Å². The van der Waals surface area contributed by atoms with Crippen LogP contribution in [0.4, 0.5) is 11.4 Å². The largest absolute Gasteiger partial charge is 0.369 e. The fourth-order valence-corrected chi connectivity index (χ4v) is 6.58. The van der Waals surface area contributed by atoms with Gasteiger partial charge in [0.1, 0.15) is 9.77 Å². The van der Waals surface area contributed by atoms with E-state index in [9.17, 15) is 13.2 Å². The highest BCUT2D eigenvalue weighted by Gasteiger charge is 2.32. The van der Waals surface area contributed by atoms with Crippen molar-refractivity contribution in [3.8, 4) is 0 Å². The summed E-state index contributed by atoms with van der Waals surface area (Å²) in [5, 5.41) is 5.10. The second kappa shape index (κ2) is 9.62. The van der Waals surface area contributed by atoms with Crippen molar-refractivity contribution in [3.63, 3.8) is 0 Å². The third kappa shape index (κ3) is 4.83. The number of carbonyl (C=O) groups is 1. The first-order chi connectivity index (χ1) is 15.4. The van der Waals surface area contributed by atoms with E-state index in [-0.39, 0.29) is 9.77 Å². The summed E-state index contributed by atoms with van der Waals surface area (Å²) < 4.78 is 28.1. The molecule has 1 saturated heterocycles. The molecule has 1 aliphatic heterocycles. The molecule has 0 saturated carbocycles. The maximum absolute atomic E-state index is 13.3. The number of carbonyl (C=O) groups excluding carboxylic acids is 1. The Balaban J connectivity index is 1.47. The number of sulfonamides is 1. The number of nitrogens with one attached hydrogen (secondary N) is 1. The normalized spacial score (nSPS) is 15.0. The molecule has 0 atom stereocenters. The highest BCUT2D eigenvalue weighted by Crippen LogP contribution is 2.28. The maximum Gasteiger partial charge on any atom is 0.267 e. The lowest BCUT2D eigenvalue weighted by Gasteiger charge is -2.35. The van der Waals surface area contributed by atoms with Gasteiger partial charge in [-0.15, -0.1) is 11.3 Å². The number of hydrogen-bond acceptors (Lipinski definition) is 5. The zero-order valence-electron chi connectivity index (χ0n) is 17.6. The monoisotopic (exact) mass is 489 g/mol. The van der Waals surface area contributed by atoms with E-state index < -0.39 is 15.9 Å². The van der Waals surface area contributed by atoms with Gasteiger partial charge in [-0.1, -0.05) is 36.7 Å². The lowest BCUT2D eigenvalue weighted by atomic mass is 10.1. The topological polar surface area (TPSA) is 69.7 Å². The summed E-state index contributed by atoms with van der Waals surface area (Å²) in [5.74, 6) is -0.416. The van der Waals surface area contributed by atoms with Gasteiger partial charge in [0.15, 0.2) is 0 Å². The predicted molar refractivity (Wildman–Crippen MR) is 131 cm³/mol. The van der Waals surface area contributed by atoms with Gasteiger partial charge in [-0.3, -0.25) is 4.79 Å². The number of nitrogens with zero attached hydrogens (tertiary/aromatic N) is 2. The Kier molecular flexibility index (Phi) is 6.85. The van der Waals surface area contributed by atoms with Gasteiger partial charge in [-0.05, 0) is 53.8 Å². The van der Waals surface area contributed by atoms with Crippen LogP contribution in [-0.4, -0.2) is 44.8 Å². The molecule has 4 rings (SSSR count). The molecule has 0 spiro atoms. The first-order valence-electron chi connectivity index (χ1n) is 10.4. The van der Waals surface area contributed by atoms with Crippen LogP contribution < -0.4 is 10.2 Å². The fourth-order valence-electron chi connectivity index (χ4n) is 3.68. The van der Waals surface area contributed by atoms with Crippen molar-refractivity contribution in [2.24, 2.45) is 0 Å². The number of thiophene rings is 1. The number of piperazine rings is 1. The smallest absolute Gasteiger partial charge is 0.267 e. The lowest BCUT2D eigenvalue weighted by Crippen LogP contribution is -2.48. The van der Waals surface area contributed by atoms with Crippen molar-refractivity contribution >= 4 is 50.2 Å². The summed E-state index contributed by atoms with van der Waals surface area (Å²) in [5.41, 5.74) is 2.78. The van der Waals surface area contributed by atoms with Crippen LogP contribution in [0.5, 0.6) is 0 Å². The van der Waals surface area contributed by atoms with E-state index >= 15 is 0 Å². The van der Waals surface area contributed by atoms with E-state index in [1.54, 1.807) is 5.38 Å². The molecule has 1 amide bonds. The first-order valence-corrected chi connectivity index (χ1v) is 13.1. The van der Waals surface area contributed by atoms with Gasteiger partial charge in [0.05, 0.1) is 0 Å². The number of aryl methyl sites for hydroxylation is 1. The second-order valence-electron chi connectivity index (χ2n) is 7.49. The molecule has 9 heteroatoms. The molecule has 0 radical (unpaired) electrons. The molecule has 1 aromatic heterocycles. The Morgan fingerprint density at radius 1 is 1.06 bits per heavy atom. The number of anilines is 2. The molecular weight excluding hydrogens is 466 g/mol.